The number of halogens is 1. The zero-order valence-electron chi connectivity index (χ0n) is 14.2. The van der Waals surface area contributed by atoms with Gasteiger partial charge in [0.15, 0.2) is 10.9 Å². The zero-order chi connectivity index (χ0) is 18.6. The van der Waals surface area contributed by atoms with Crippen LogP contribution in [-0.4, -0.2) is 10.9 Å². The number of carbonyl (C=O) groups is 1. The summed E-state index contributed by atoms with van der Waals surface area (Å²) in [7, 11) is 0. The van der Waals surface area contributed by atoms with Crippen LogP contribution in [0.3, 0.4) is 0 Å². The summed E-state index contributed by atoms with van der Waals surface area (Å²) in [5, 5.41) is 2.41. The highest BCUT2D eigenvalue weighted by atomic mass is 32.1. The number of rotatable bonds is 5. The lowest BCUT2D eigenvalue weighted by Crippen LogP contribution is -2.30. The van der Waals surface area contributed by atoms with Crippen LogP contribution in [0.4, 0.5) is 9.52 Å². The molecule has 0 radical (unpaired) electrons. The largest absolute Gasteiger partial charge is 0.459 e. The fourth-order valence-corrected chi connectivity index (χ4v) is 3.50. The van der Waals surface area contributed by atoms with Crippen LogP contribution in [0, 0.1) is 5.82 Å². The van der Waals surface area contributed by atoms with Crippen LogP contribution in [0.5, 0.6) is 0 Å². The average molecular weight is 378 g/mol. The Morgan fingerprint density at radius 3 is 2.52 bits per heavy atom. The first-order valence-corrected chi connectivity index (χ1v) is 9.19. The first-order chi connectivity index (χ1) is 13.2. The lowest BCUT2D eigenvalue weighted by Gasteiger charge is -2.18. The van der Waals surface area contributed by atoms with E-state index in [1.54, 1.807) is 29.2 Å². The molecular weight excluding hydrogens is 363 g/mol. The number of thiazole rings is 1. The van der Waals surface area contributed by atoms with Gasteiger partial charge in [0, 0.05) is 10.9 Å². The van der Waals surface area contributed by atoms with E-state index in [4.69, 9.17) is 4.42 Å². The van der Waals surface area contributed by atoms with E-state index < -0.39 is 0 Å². The van der Waals surface area contributed by atoms with E-state index in [0.717, 1.165) is 11.1 Å². The fraction of sp³-hybridized carbons (Fsp3) is 0.0476. The molecule has 2 heterocycles. The maximum Gasteiger partial charge on any atom is 0.296 e. The number of furan rings is 1. The van der Waals surface area contributed by atoms with Gasteiger partial charge in [-0.1, -0.05) is 30.3 Å². The predicted molar refractivity (Wildman–Crippen MR) is 103 cm³/mol. The van der Waals surface area contributed by atoms with Crippen molar-refractivity contribution in [3.63, 3.8) is 0 Å². The summed E-state index contributed by atoms with van der Waals surface area (Å²) in [5.41, 5.74) is 2.47. The Hall–Kier alpha value is -3.25. The second kappa shape index (κ2) is 7.55. The Labute approximate surface area is 159 Å². The van der Waals surface area contributed by atoms with E-state index in [9.17, 15) is 9.18 Å². The second-order valence-corrected chi connectivity index (χ2v) is 6.71. The van der Waals surface area contributed by atoms with Crippen LogP contribution in [0.2, 0.25) is 0 Å². The third-order valence-corrected chi connectivity index (χ3v) is 4.89. The molecule has 4 rings (SSSR count). The first-order valence-electron chi connectivity index (χ1n) is 8.31. The summed E-state index contributed by atoms with van der Waals surface area (Å²) in [4.78, 5) is 19.1. The fourth-order valence-electron chi connectivity index (χ4n) is 2.67. The third kappa shape index (κ3) is 3.80. The SMILES string of the molecule is O=C(c1ccco1)N(Cc1ccccc1)c1nc(-c2ccc(F)cc2)cs1. The lowest BCUT2D eigenvalue weighted by atomic mass is 10.2. The maximum absolute atomic E-state index is 13.2. The molecule has 0 fully saturated rings. The molecule has 4 aromatic rings. The highest BCUT2D eigenvalue weighted by Gasteiger charge is 2.23. The summed E-state index contributed by atoms with van der Waals surface area (Å²) in [5.74, 6) is -0.304. The van der Waals surface area contributed by atoms with Crippen molar-refractivity contribution in [1.82, 2.24) is 4.98 Å². The molecule has 0 aliphatic carbocycles. The van der Waals surface area contributed by atoms with E-state index in [1.165, 1.54) is 29.7 Å². The standard InChI is InChI=1S/C21H15FN2O2S/c22-17-10-8-16(9-11-17)18-14-27-21(23-18)24(13-15-5-2-1-3-6-15)20(25)19-7-4-12-26-19/h1-12,14H,13H2. The highest BCUT2D eigenvalue weighted by Crippen LogP contribution is 2.29. The Morgan fingerprint density at radius 1 is 1.04 bits per heavy atom. The molecule has 0 aliphatic heterocycles. The molecule has 2 aromatic carbocycles. The lowest BCUT2D eigenvalue weighted by molar-refractivity contribution is 0.0958. The van der Waals surface area contributed by atoms with Gasteiger partial charge in [-0.15, -0.1) is 11.3 Å². The number of hydrogen-bond acceptors (Lipinski definition) is 4. The molecule has 0 unspecified atom stereocenters. The Bertz CT molecular complexity index is 1030. The summed E-state index contributed by atoms with van der Waals surface area (Å²) < 4.78 is 18.4. The number of anilines is 1. The summed E-state index contributed by atoms with van der Waals surface area (Å²) in [6.07, 6.45) is 1.47. The molecule has 0 N–H and O–H groups in total. The normalized spacial score (nSPS) is 10.7. The molecule has 6 heteroatoms. The van der Waals surface area contributed by atoms with Crippen LogP contribution in [-0.2, 0) is 6.54 Å². The Morgan fingerprint density at radius 2 is 1.81 bits per heavy atom. The molecule has 0 spiro atoms. The molecular formula is C21H15FN2O2S. The molecule has 0 aliphatic rings. The van der Waals surface area contributed by atoms with Gasteiger partial charge in [0.25, 0.3) is 5.91 Å². The average Bonchev–Trinajstić information content (AvgIpc) is 3.39. The minimum Gasteiger partial charge on any atom is -0.459 e. The van der Waals surface area contributed by atoms with E-state index in [0.29, 0.717) is 17.4 Å². The van der Waals surface area contributed by atoms with Gasteiger partial charge in [-0.2, -0.15) is 0 Å². The van der Waals surface area contributed by atoms with Gasteiger partial charge in [0.2, 0.25) is 0 Å². The van der Waals surface area contributed by atoms with Gasteiger partial charge in [0.05, 0.1) is 18.5 Å². The van der Waals surface area contributed by atoms with Crippen molar-refractivity contribution in [1.29, 1.82) is 0 Å². The van der Waals surface area contributed by atoms with E-state index in [2.05, 4.69) is 4.98 Å². The van der Waals surface area contributed by atoms with Gasteiger partial charge in [0.1, 0.15) is 5.82 Å². The van der Waals surface area contributed by atoms with Crippen LogP contribution in [0.25, 0.3) is 11.3 Å². The van der Waals surface area contributed by atoms with Crippen molar-refractivity contribution < 1.29 is 13.6 Å². The van der Waals surface area contributed by atoms with Crippen molar-refractivity contribution in [2.45, 2.75) is 6.54 Å². The third-order valence-electron chi connectivity index (χ3n) is 4.02. The van der Waals surface area contributed by atoms with Crippen molar-refractivity contribution in [2.24, 2.45) is 0 Å². The number of aromatic nitrogens is 1. The number of benzene rings is 2. The van der Waals surface area contributed by atoms with Gasteiger partial charge < -0.3 is 4.42 Å². The Balaban J connectivity index is 1.68. The summed E-state index contributed by atoms with van der Waals surface area (Å²) in [6, 6.07) is 19.1. The Kier molecular flexibility index (Phi) is 4.80. The smallest absolute Gasteiger partial charge is 0.296 e. The molecule has 4 nitrogen and oxygen atoms in total. The second-order valence-electron chi connectivity index (χ2n) is 5.88. The van der Waals surface area contributed by atoms with Crippen LogP contribution in [0.15, 0.2) is 82.8 Å². The van der Waals surface area contributed by atoms with Crippen LogP contribution < -0.4 is 4.90 Å². The minimum atomic E-state index is -0.298. The molecule has 0 bridgehead atoms. The van der Waals surface area contributed by atoms with E-state index >= 15 is 0 Å². The van der Waals surface area contributed by atoms with Gasteiger partial charge in [-0.05, 0) is 42.0 Å². The number of nitrogens with zero attached hydrogens (tertiary/aromatic N) is 2. The van der Waals surface area contributed by atoms with Crippen molar-refractivity contribution >= 4 is 22.4 Å². The molecule has 0 saturated carbocycles. The zero-order valence-corrected chi connectivity index (χ0v) is 15.0. The topological polar surface area (TPSA) is 46.3 Å². The van der Waals surface area contributed by atoms with Crippen molar-refractivity contribution in [3.05, 3.63) is 95.5 Å². The minimum absolute atomic E-state index is 0.254. The summed E-state index contributed by atoms with van der Waals surface area (Å²) in [6.45, 7) is 0.372. The molecule has 27 heavy (non-hydrogen) atoms. The number of amides is 1. The maximum atomic E-state index is 13.2. The monoisotopic (exact) mass is 378 g/mol. The van der Waals surface area contributed by atoms with Gasteiger partial charge in [-0.3, -0.25) is 9.69 Å². The highest BCUT2D eigenvalue weighted by molar-refractivity contribution is 7.14. The van der Waals surface area contributed by atoms with Crippen LogP contribution >= 0.6 is 11.3 Å². The number of carbonyl (C=O) groups excluding carboxylic acids is 1. The van der Waals surface area contributed by atoms with Gasteiger partial charge >= 0.3 is 0 Å². The van der Waals surface area contributed by atoms with Crippen LogP contribution in [0.1, 0.15) is 16.1 Å². The molecule has 2 aromatic heterocycles. The predicted octanol–water partition coefficient (Wildman–Crippen LogP) is 5.39. The van der Waals surface area contributed by atoms with Crippen molar-refractivity contribution in [3.8, 4) is 11.3 Å². The first kappa shape index (κ1) is 17.2. The summed E-state index contributed by atoms with van der Waals surface area (Å²) >= 11 is 1.36. The van der Waals surface area contributed by atoms with Gasteiger partial charge in [-0.25, -0.2) is 9.37 Å². The molecule has 0 atom stereocenters. The number of hydrogen-bond donors (Lipinski definition) is 0. The quantitative estimate of drug-likeness (QED) is 0.468. The molecule has 1 amide bonds. The van der Waals surface area contributed by atoms with E-state index in [-0.39, 0.29) is 17.5 Å². The van der Waals surface area contributed by atoms with Crippen molar-refractivity contribution in [2.75, 3.05) is 4.90 Å². The molecule has 0 saturated heterocycles. The van der Waals surface area contributed by atoms with E-state index in [1.807, 2.05) is 35.7 Å². The molecule has 134 valence electrons.